The van der Waals surface area contributed by atoms with Gasteiger partial charge in [-0.2, -0.15) is 0 Å². The van der Waals surface area contributed by atoms with Gasteiger partial charge in [-0.1, -0.05) is 6.08 Å². The normalized spacial score (nSPS) is 44.6. The third-order valence-corrected chi connectivity index (χ3v) is 5.08. The highest BCUT2D eigenvalue weighted by Gasteiger charge is 2.49. The number of carbonyl (C=O) groups is 1. The van der Waals surface area contributed by atoms with Crippen molar-refractivity contribution in [2.24, 2.45) is 11.8 Å². The number of fused-ring (bicyclic) bond motifs is 1. The minimum Gasteiger partial charge on any atom is -0.471 e. The molecule has 0 radical (unpaired) electrons. The van der Waals surface area contributed by atoms with Crippen LogP contribution in [-0.4, -0.2) is 83.4 Å². The Morgan fingerprint density at radius 2 is 2.00 bits per heavy atom. The fraction of sp³-hybridized carbons (Fsp3) is 0.706. The molecule has 0 bridgehead atoms. The fourth-order valence-electron chi connectivity index (χ4n) is 3.50. The number of hydrogen-bond acceptors (Lipinski definition) is 10. The highest BCUT2D eigenvalue weighted by molar-refractivity contribution is 5.89. The first-order valence-corrected chi connectivity index (χ1v) is 8.59. The molecule has 3 heterocycles. The maximum atomic E-state index is 12.1. The number of rotatable bonds is 5. The summed E-state index contributed by atoms with van der Waals surface area (Å²) in [6.45, 7) is 3.18. The lowest BCUT2D eigenvalue weighted by Gasteiger charge is -2.44. The zero-order valence-corrected chi connectivity index (χ0v) is 14.7. The molecule has 0 spiro atoms. The van der Waals surface area contributed by atoms with Crippen LogP contribution in [-0.2, 0) is 28.5 Å². The van der Waals surface area contributed by atoms with E-state index in [1.807, 2.05) is 0 Å². The zero-order valence-electron chi connectivity index (χ0n) is 14.7. The molecule has 3 aliphatic heterocycles. The van der Waals surface area contributed by atoms with Crippen molar-refractivity contribution in [3.8, 4) is 0 Å². The van der Waals surface area contributed by atoms with E-state index in [1.54, 1.807) is 6.08 Å². The van der Waals surface area contributed by atoms with Crippen LogP contribution in [0.3, 0.4) is 0 Å². The van der Waals surface area contributed by atoms with Crippen molar-refractivity contribution in [2.45, 2.75) is 49.7 Å². The molecule has 3 rings (SSSR count). The molecule has 0 amide bonds. The molecule has 10 heteroatoms. The first-order valence-electron chi connectivity index (χ1n) is 8.59. The number of aliphatic hydroxyl groups excluding tert-OH is 4. The minimum absolute atomic E-state index is 0.321. The van der Waals surface area contributed by atoms with Crippen molar-refractivity contribution < 1.29 is 48.9 Å². The predicted octanol–water partition coefficient (Wildman–Crippen LogP) is -1.62. The van der Waals surface area contributed by atoms with Crippen LogP contribution < -0.4 is 0 Å². The van der Waals surface area contributed by atoms with Crippen LogP contribution in [0.15, 0.2) is 24.5 Å². The zero-order chi connectivity index (χ0) is 19.7. The van der Waals surface area contributed by atoms with E-state index in [0.717, 1.165) is 0 Å². The number of methoxy groups -OCH3 is 1. The van der Waals surface area contributed by atoms with Crippen LogP contribution in [0.5, 0.6) is 0 Å². The van der Waals surface area contributed by atoms with Crippen molar-refractivity contribution in [3.63, 3.8) is 0 Å². The van der Waals surface area contributed by atoms with E-state index < -0.39 is 61.8 Å². The third kappa shape index (κ3) is 3.74. The number of esters is 1. The van der Waals surface area contributed by atoms with E-state index in [1.165, 1.54) is 13.4 Å². The molecular weight excluding hydrogens is 364 g/mol. The highest BCUT2D eigenvalue weighted by Crippen LogP contribution is 2.40. The van der Waals surface area contributed by atoms with Crippen molar-refractivity contribution >= 4 is 5.97 Å². The van der Waals surface area contributed by atoms with Gasteiger partial charge in [0.15, 0.2) is 6.29 Å². The van der Waals surface area contributed by atoms with Gasteiger partial charge in [0, 0.05) is 25.4 Å². The topological polar surface area (TPSA) is 144 Å². The quantitative estimate of drug-likeness (QED) is 0.320. The van der Waals surface area contributed by atoms with Gasteiger partial charge >= 0.3 is 5.97 Å². The minimum atomic E-state index is -1.57. The molecule has 0 saturated carbocycles. The van der Waals surface area contributed by atoms with Gasteiger partial charge in [-0.3, -0.25) is 0 Å². The molecule has 9 atom stereocenters. The van der Waals surface area contributed by atoms with Crippen LogP contribution in [0.2, 0.25) is 0 Å². The lowest BCUT2D eigenvalue weighted by molar-refractivity contribution is -0.340. The van der Waals surface area contributed by atoms with E-state index in [2.05, 4.69) is 6.58 Å². The Balaban J connectivity index is 1.77. The van der Waals surface area contributed by atoms with Crippen LogP contribution in [0.4, 0.5) is 0 Å². The Morgan fingerprint density at radius 1 is 1.26 bits per heavy atom. The maximum absolute atomic E-state index is 12.1. The summed E-state index contributed by atoms with van der Waals surface area (Å²) in [5.41, 5.74) is 0.321. The molecule has 3 aliphatic rings. The van der Waals surface area contributed by atoms with Gasteiger partial charge < -0.3 is 44.1 Å². The lowest BCUT2D eigenvalue weighted by atomic mass is 9.80. The lowest BCUT2D eigenvalue weighted by Crippen LogP contribution is -2.60. The molecule has 152 valence electrons. The van der Waals surface area contributed by atoms with E-state index in [4.69, 9.17) is 23.7 Å². The van der Waals surface area contributed by atoms with Gasteiger partial charge in [0.05, 0.1) is 18.4 Å². The Morgan fingerprint density at radius 3 is 2.63 bits per heavy atom. The second kappa shape index (κ2) is 8.23. The van der Waals surface area contributed by atoms with Crippen molar-refractivity contribution in [3.05, 3.63) is 24.5 Å². The predicted molar refractivity (Wildman–Crippen MR) is 86.5 cm³/mol. The van der Waals surface area contributed by atoms with Crippen LogP contribution in [0.1, 0.15) is 6.42 Å². The molecule has 27 heavy (non-hydrogen) atoms. The van der Waals surface area contributed by atoms with Crippen LogP contribution in [0.25, 0.3) is 0 Å². The molecule has 2 saturated heterocycles. The van der Waals surface area contributed by atoms with E-state index >= 15 is 0 Å². The van der Waals surface area contributed by atoms with Gasteiger partial charge in [-0.15, -0.1) is 6.58 Å². The van der Waals surface area contributed by atoms with Gasteiger partial charge in [-0.25, -0.2) is 4.79 Å². The standard InChI is InChI=1S/C17H24O10/c1-3-7-8-4-11(23-2)26-15(22)9(8)6-24-16(7)27-17-14(21)13(20)12(19)10(5-18)25-17/h3,6-8,10-14,16-21H,1,4-5H2,2H3/t7-,8+,10-,11?,12-,13+,14-,16+,17+/m1/s1. The molecular formula is C17H24O10. The van der Waals surface area contributed by atoms with Crippen LogP contribution >= 0.6 is 0 Å². The van der Waals surface area contributed by atoms with Gasteiger partial charge in [0.25, 0.3) is 0 Å². The van der Waals surface area contributed by atoms with Crippen molar-refractivity contribution in [2.75, 3.05) is 13.7 Å². The molecule has 0 aromatic rings. The second-order valence-electron chi connectivity index (χ2n) is 6.64. The first kappa shape index (κ1) is 20.2. The molecule has 2 fully saturated rings. The molecule has 4 N–H and O–H groups in total. The Labute approximate surface area is 155 Å². The largest absolute Gasteiger partial charge is 0.471 e. The number of cyclic esters (lactones) is 1. The summed E-state index contributed by atoms with van der Waals surface area (Å²) in [5.74, 6) is -1.41. The van der Waals surface area contributed by atoms with Crippen molar-refractivity contribution in [1.29, 1.82) is 0 Å². The highest BCUT2D eigenvalue weighted by atomic mass is 16.8. The third-order valence-electron chi connectivity index (χ3n) is 5.08. The maximum Gasteiger partial charge on any atom is 0.339 e. The molecule has 0 aliphatic carbocycles. The smallest absolute Gasteiger partial charge is 0.339 e. The van der Waals surface area contributed by atoms with Gasteiger partial charge in [0.1, 0.15) is 24.4 Å². The second-order valence-corrected chi connectivity index (χ2v) is 6.64. The van der Waals surface area contributed by atoms with E-state index in [0.29, 0.717) is 12.0 Å². The summed E-state index contributed by atoms with van der Waals surface area (Å²) >= 11 is 0. The SMILES string of the molecule is C=C[C@H]1[C@H](O[C@@H]2O[C@H](CO)[C@@H](O)[C@H](O)[C@H]2O)OC=C2C(=O)OC(OC)C[C@H]21. The fourth-order valence-corrected chi connectivity index (χ4v) is 3.50. The first-order chi connectivity index (χ1) is 12.9. The van der Waals surface area contributed by atoms with Crippen molar-refractivity contribution in [1.82, 2.24) is 0 Å². The average molecular weight is 388 g/mol. The van der Waals surface area contributed by atoms with E-state index in [9.17, 15) is 25.2 Å². The molecule has 1 unspecified atom stereocenters. The van der Waals surface area contributed by atoms with Gasteiger partial charge in [0.2, 0.25) is 12.6 Å². The summed E-state index contributed by atoms with van der Waals surface area (Å²) in [6, 6.07) is 0. The molecule has 0 aromatic carbocycles. The Bertz CT molecular complexity index is 590. The molecule has 0 aromatic heterocycles. The number of carbonyl (C=O) groups excluding carboxylic acids is 1. The summed E-state index contributed by atoms with van der Waals surface area (Å²) in [6.07, 6.45) is -5.65. The van der Waals surface area contributed by atoms with E-state index in [-0.39, 0.29) is 5.92 Å². The number of aliphatic hydroxyl groups is 4. The average Bonchev–Trinajstić information content (AvgIpc) is 2.67. The summed E-state index contributed by atoms with van der Waals surface area (Å²) in [7, 11) is 1.43. The Kier molecular flexibility index (Phi) is 6.16. The van der Waals surface area contributed by atoms with Gasteiger partial charge in [-0.05, 0) is 0 Å². The number of ether oxygens (including phenoxy) is 5. The summed E-state index contributed by atoms with van der Waals surface area (Å²) in [5, 5.41) is 39.1. The monoisotopic (exact) mass is 388 g/mol. The summed E-state index contributed by atoms with van der Waals surface area (Å²) in [4.78, 5) is 12.1. The Hall–Kier alpha value is -1.53. The summed E-state index contributed by atoms with van der Waals surface area (Å²) < 4.78 is 26.7. The van der Waals surface area contributed by atoms with Crippen LogP contribution in [0, 0.1) is 11.8 Å². The number of hydrogen-bond donors (Lipinski definition) is 4. The molecule has 10 nitrogen and oxygen atoms in total.